The number of nitrogens with one attached hydrogen (secondary N) is 3. The van der Waals surface area contributed by atoms with Gasteiger partial charge in [-0.25, -0.2) is 4.98 Å². The van der Waals surface area contributed by atoms with Crippen LogP contribution in [0.15, 0.2) is 70.1 Å². The SMILES string of the molecule is Cc1sc2c(c1C)C(c1ccc(Cl)cc1)=N[C@@H](CC(=O)NCCOCCNC(=O)c1cc(SC(C)(C)C)c3ncc(C(=O)NCCc4nccs4)cc3c1)c1nnc(C)n1-2. The van der Waals surface area contributed by atoms with Crippen molar-refractivity contribution < 1.29 is 19.1 Å². The molecular weight excluding hydrogens is 838 g/mol. The number of hydrogen-bond acceptors (Lipinski definition) is 12. The molecule has 0 saturated heterocycles. The smallest absolute Gasteiger partial charge is 0.252 e. The molecule has 7 rings (SSSR count). The third-order valence-corrected chi connectivity index (χ3v) is 13.1. The number of amides is 3. The van der Waals surface area contributed by atoms with Crippen molar-refractivity contribution in [2.24, 2.45) is 4.99 Å². The molecule has 17 heteroatoms. The van der Waals surface area contributed by atoms with Gasteiger partial charge in [0.1, 0.15) is 16.9 Å². The molecule has 0 unspecified atom stereocenters. The van der Waals surface area contributed by atoms with Gasteiger partial charge in [0.05, 0.1) is 41.4 Å². The van der Waals surface area contributed by atoms with Crippen LogP contribution in [0.1, 0.15) is 92.2 Å². The number of ether oxygens (including phenoxy) is 1. The fraction of sp³-hybridized carbons (Fsp3) is 0.349. The van der Waals surface area contributed by atoms with Gasteiger partial charge in [0, 0.05) is 85.4 Å². The van der Waals surface area contributed by atoms with Crippen LogP contribution in [0.2, 0.25) is 5.02 Å². The van der Waals surface area contributed by atoms with E-state index in [4.69, 9.17) is 21.3 Å². The highest BCUT2D eigenvalue weighted by Gasteiger charge is 2.32. The lowest BCUT2D eigenvalue weighted by atomic mass is 9.99. The molecule has 3 amide bonds. The highest BCUT2D eigenvalue weighted by Crippen LogP contribution is 2.40. The molecule has 0 fully saturated rings. The second-order valence-corrected chi connectivity index (χ2v) is 19.7. The zero-order valence-corrected chi connectivity index (χ0v) is 37.4. The average molecular weight is 885 g/mol. The van der Waals surface area contributed by atoms with Crippen molar-refractivity contribution in [3.05, 3.63) is 115 Å². The van der Waals surface area contributed by atoms with Gasteiger partial charge in [-0.3, -0.25) is 28.9 Å². The number of rotatable bonds is 15. The van der Waals surface area contributed by atoms with Gasteiger partial charge in [-0.2, -0.15) is 0 Å². The van der Waals surface area contributed by atoms with E-state index >= 15 is 0 Å². The number of aliphatic imine (C=N–C) groups is 1. The molecule has 0 spiro atoms. The summed E-state index contributed by atoms with van der Waals surface area (Å²) in [5.74, 6) is 0.621. The highest BCUT2D eigenvalue weighted by atomic mass is 35.5. The van der Waals surface area contributed by atoms with Crippen molar-refractivity contribution in [1.29, 1.82) is 0 Å². The van der Waals surface area contributed by atoms with Crippen LogP contribution in [-0.4, -0.2) is 85.8 Å². The van der Waals surface area contributed by atoms with Crippen LogP contribution in [0.25, 0.3) is 15.9 Å². The van der Waals surface area contributed by atoms with Gasteiger partial charge in [-0.05, 0) is 56.7 Å². The molecule has 0 bridgehead atoms. The number of benzene rings is 2. The summed E-state index contributed by atoms with van der Waals surface area (Å²) < 4.78 is 7.66. The standard InChI is InChI=1S/C43H46ClN9O4S3/c1-24-25(2)59-42-36(24)38(27-7-9-31(44)10-8-27)50-32(39-52-51-26(3)53(39)42)22-34(54)45-13-16-57-17-14-48-40(55)29-19-28-20-30(41(56)47-12-11-35-46-15-18-58-35)23-49-37(28)33(21-29)60-43(4,5)6/h7-10,15,18-21,23,32H,11-14,16-17,22H2,1-6H3,(H,45,54)(H,47,56)(H,48,55)/t32-/m0/s1. The Morgan fingerprint density at radius 2 is 1.63 bits per heavy atom. The van der Waals surface area contributed by atoms with Crippen LogP contribution >= 0.6 is 46.0 Å². The predicted molar refractivity (Wildman–Crippen MR) is 240 cm³/mol. The second-order valence-electron chi connectivity index (χ2n) is 15.2. The first-order valence-corrected chi connectivity index (χ1v) is 22.4. The molecule has 1 atom stereocenters. The molecule has 0 saturated carbocycles. The van der Waals surface area contributed by atoms with Crippen LogP contribution in [0, 0.1) is 20.8 Å². The monoisotopic (exact) mass is 883 g/mol. The van der Waals surface area contributed by atoms with Crippen molar-refractivity contribution in [2.75, 3.05) is 32.8 Å². The molecular formula is C43H46ClN9O4S3. The summed E-state index contributed by atoms with van der Waals surface area (Å²) in [5.41, 5.74) is 5.40. The maximum absolute atomic E-state index is 13.4. The molecule has 312 valence electrons. The lowest BCUT2D eigenvalue weighted by Gasteiger charge is -2.19. The Hall–Kier alpha value is -5.00. The number of thiophene rings is 1. The summed E-state index contributed by atoms with van der Waals surface area (Å²) in [6.45, 7) is 13.8. The van der Waals surface area contributed by atoms with Gasteiger partial charge in [-0.1, -0.05) is 44.5 Å². The highest BCUT2D eigenvalue weighted by molar-refractivity contribution is 8.00. The van der Waals surface area contributed by atoms with Crippen LogP contribution in [0.4, 0.5) is 0 Å². The third kappa shape index (κ3) is 10.1. The van der Waals surface area contributed by atoms with E-state index in [2.05, 4.69) is 70.7 Å². The maximum atomic E-state index is 13.4. The van der Waals surface area contributed by atoms with Crippen molar-refractivity contribution in [1.82, 2.24) is 40.7 Å². The second kappa shape index (κ2) is 18.7. The number of aromatic nitrogens is 5. The summed E-state index contributed by atoms with van der Waals surface area (Å²) in [6.07, 6.45) is 4.03. The molecule has 6 aromatic rings. The Bertz CT molecular complexity index is 2560. The van der Waals surface area contributed by atoms with Crippen LogP contribution in [0.5, 0.6) is 0 Å². The number of halogens is 1. The van der Waals surface area contributed by atoms with Crippen LogP contribution in [0.3, 0.4) is 0 Å². The molecule has 0 radical (unpaired) electrons. The van der Waals surface area contributed by atoms with Gasteiger partial charge >= 0.3 is 0 Å². The van der Waals surface area contributed by atoms with E-state index in [0.717, 1.165) is 48.6 Å². The number of carbonyl (C=O) groups is 3. The zero-order chi connectivity index (χ0) is 42.6. The van der Waals surface area contributed by atoms with Gasteiger partial charge in [0.15, 0.2) is 5.82 Å². The molecule has 4 aromatic heterocycles. The molecule has 5 heterocycles. The van der Waals surface area contributed by atoms with E-state index in [0.29, 0.717) is 40.3 Å². The van der Waals surface area contributed by atoms with Crippen LogP contribution in [-0.2, 0) is 16.0 Å². The Morgan fingerprint density at radius 3 is 2.37 bits per heavy atom. The summed E-state index contributed by atoms with van der Waals surface area (Å²) in [5, 5.41) is 22.9. The Labute approximate surface area is 365 Å². The number of nitrogens with zero attached hydrogens (tertiary/aromatic N) is 6. The molecule has 3 N–H and O–H groups in total. The Balaban J connectivity index is 0.938. The van der Waals surface area contributed by atoms with E-state index in [1.54, 1.807) is 59.0 Å². The van der Waals surface area contributed by atoms with Crippen molar-refractivity contribution >= 4 is 80.4 Å². The van der Waals surface area contributed by atoms with E-state index in [9.17, 15) is 14.4 Å². The van der Waals surface area contributed by atoms with Crippen molar-refractivity contribution in [2.45, 2.75) is 70.1 Å². The van der Waals surface area contributed by atoms with E-state index in [-0.39, 0.29) is 55.2 Å². The molecule has 1 aliphatic heterocycles. The summed E-state index contributed by atoms with van der Waals surface area (Å²) in [7, 11) is 0. The van der Waals surface area contributed by atoms with Crippen molar-refractivity contribution in [3.63, 3.8) is 0 Å². The summed E-state index contributed by atoms with van der Waals surface area (Å²) in [4.78, 5) is 55.9. The molecule has 13 nitrogen and oxygen atoms in total. The van der Waals surface area contributed by atoms with Gasteiger partial charge in [-0.15, -0.1) is 44.6 Å². The average Bonchev–Trinajstić information content (AvgIpc) is 3.92. The summed E-state index contributed by atoms with van der Waals surface area (Å²) >= 11 is 11.1. The van der Waals surface area contributed by atoms with Gasteiger partial charge in [0.25, 0.3) is 11.8 Å². The molecule has 60 heavy (non-hydrogen) atoms. The van der Waals surface area contributed by atoms with E-state index in [1.807, 2.05) is 47.2 Å². The van der Waals surface area contributed by atoms with Crippen molar-refractivity contribution in [3.8, 4) is 5.00 Å². The van der Waals surface area contributed by atoms with Gasteiger partial charge in [0.2, 0.25) is 5.91 Å². The number of carbonyl (C=O) groups excluding carboxylic acids is 3. The topological polar surface area (TPSA) is 165 Å². The molecule has 0 aliphatic carbocycles. The quantitative estimate of drug-likeness (QED) is 0.0695. The predicted octanol–water partition coefficient (Wildman–Crippen LogP) is 7.62. The first-order valence-electron chi connectivity index (χ1n) is 19.5. The van der Waals surface area contributed by atoms with Crippen LogP contribution < -0.4 is 16.0 Å². The number of fused-ring (bicyclic) bond motifs is 4. The largest absolute Gasteiger partial charge is 0.378 e. The lowest BCUT2D eigenvalue weighted by molar-refractivity contribution is -0.121. The number of aryl methyl sites for hydroxylation is 2. The fourth-order valence-electron chi connectivity index (χ4n) is 6.72. The molecule has 2 aromatic carbocycles. The van der Waals surface area contributed by atoms with Gasteiger partial charge < -0.3 is 20.7 Å². The number of thioether (sulfide) groups is 1. The first kappa shape index (κ1) is 43.1. The number of pyridine rings is 1. The zero-order valence-electron chi connectivity index (χ0n) is 34.2. The lowest BCUT2D eigenvalue weighted by Crippen LogP contribution is -2.31. The van der Waals surface area contributed by atoms with E-state index < -0.39 is 6.04 Å². The Kier molecular flexibility index (Phi) is 13.5. The normalized spacial score (nSPS) is 13.7. The number of hydrogen-bond donors (Lipinski definition) is 3. The van der Waals surface area contributed by atoms with E-state index in [1.165, 1.54) is 4.88 Å². The minimum Gasteiger partial charge on any atom is -0.378 e. The minimum atomic E-state index is -0.580. The Morgan fingerprint density at radius 1 is 0.917 bits per heavy atom. The minimum absolute atomic E-state index is 0.0640. The molecule has 1 aliphatic rings. The summed E-state index contributed by atoms with van der Waals surface area (Å²) in [6, 6.07) is 12.4. The first-order chi connectivity index (χ1) is 28.8. The fourth-order valence-corrected chi connectivity index (χ4v) is 9.80. The third-order valence-electron chi connectivity index (χ3n) is 9.63. The number of thiazole rings is 1. The maximum Gasteiger partial charge on any atom is 0.252 e.